The van der Waals surface area contributed by atoms with Crippen molar-refractivity contribution in [1.29, 1.82) is 0 Å². The second-order valence-corrected chi connectivity index (χ2v) is 3.99. The fourth-order valence-electron chi connectivity index (χ4n) is 2.05. The van der Waals surface area contributed by atoms with Crippen molar-refractivity contribution < 1.29 is 0 Å². The molecule has 1 aliphatic rings. The first-order valence-electron chi connectivity index (χ1n) is 5.46. The third kappa shape index (κ3) is 1.66. The maximum atomic E-state index is 4.24. The quantitative estimate of drug-likeness (QED) is 0.788. The molecule has 0 bridgehead atoms. The van der Waals surface area contributed by atoms with Gasteiger partial charge in [-0.15, -0.1) is 5.10 Å². The van der Waals surface area contributed by atoms with Crippen molar-refractivity contribution in [2.24, 2.45) is 0 Å². The summed E-state index contributed by atoms with van der Waals surface area (Å²) in [6.07, 6.45) is 3.45. The zero-order valence-corrected chi connectivity index (χ0v) is 8.95. The van der Waals surface area contributed by atoms with Crippen LogP contribution >= 0.6 is 0 Å². The molecule has 1 unspecified atom stereocenters. The van der Waals surface area contributed by atoms with Gasteiger partial charge in [-0.1, -0.05) is 18.6 Å². The van der Waals surface area contributed by atoms with Crippen molar-refractivity contribution in [1.82, 2.24) is 20.3 Å². The van der Waals surface area contributed by atoms with E-state index in [0.717, 1.165) is 25.2 Å². The molecule has 0 saturated carbocycles. The van der Waals surface area contributed by atoms with E-state index >= 15 is 0 Å². The third-order valence-electron chi connectivity index (χ3n) is 2.83. The van der Waals surface area contributed by atoms with E-state index in [-0.39, 0.29) is 0 Å². The standard InChI is InChI=1S/C10H18N4/c1-3-4-8(2)14-10-5-6-11-7-9(10)12-13-14/h8,11H,3-7H2,1-2H3. The average Bonchev–Trinajstić information content (AvgIpc) is 2.61. The second kappa shape index (κ2) is 4.09. The Morgan fingerprint density at radius 3 is 3.21 bits per heavy atom. The number of rotatable bonds is 3. The van der Waals surface area contributed by atoms with Crippen LogP contribution < -0.4 is 5.32 Å². The summed E-state index contributed by atoms with van der Waals surface area (Å²) in [6.45, 7) is 6.37. The molecule has 0 aliphatic carbocycles. The van der Waals surface area contributed by atoms with Crippen LogP contribution in [-0.4, -0.2) is 21.5 Å². The SMILES string of the molecule is CCCC(C)n1nnc2c1CCNC2. The zero-order valence-electron chi connectivity index (χ0n) is 8.95. The summed E-state index contributed by atoms with van der Waals surface area (Å²) in [5, 5.41) is 11.8. The third-order valence-corrected chi connectivity index (χ3v) is 2.83. The van der Waals surface area contributed by atoms with E-state index in [2.05, 4.69) is 34.2 Å². The van der Waals surface area contributed by atoms with Gasteiger partial charge in [-0.3, -0.25) is 0 Å². The molecule has 1 aromatic rings. The molecule has 0 amide bonds. The summed E-state index contributed by atoms with van der Waals surface area (Å²) < 4.78 is 2.11. The second-order valence-electron chi connectivity index (χ2n) is 3.99. The molecule has 1 N–H and O–H groups in total. The number of nitrogens with one attached hydrogen (secondary N) is 1. The van der Waals surface area contributed by atoms with Gasteiger partial charge in [0.1, 0.15) is 0 Å². The highest BCUT2D eigenvalue weighted by Gasteiger charge is 2.18. The Hall–Kier alpha value is -0.900. The van der Waals surface area contributed by atoms with Gasteiger partial charge in [0.15, 0.2) is 0 Å². The van der Waals surface area contributed by atoms with Crippen molar-refractivity contribution >= 4 is 0 Å². The highest BCUT2D eigenvalue weighted by atomic mass is 15.4. The van der Waals surface area contributed by atoms with Crippen LogP contribution in [0.25, 0.3) is 0 Å². The van der Waals surface area contributed by atoms with E-state index in [4.69, 9.17) is 0 Å². The Labute approximate surface area is 84.7 Å². The smallest absolute Gasteiger partial charge is 0.0997 e. The molecule has 14 heavy (non-hydrogen) atoms. The minimum absolute atomic E-state index is 0.495. The van der Waals surface area contributed by atoms with Gasteiger partial charge in [0.25, 0.3) is 0 Å². The Bertz CT molecular complexity index is 305. The molecule has 2 heterocycles. The maximum absolute atomic E-state index is 4.24. The van der Waals surface area contributed by atoms with E-state index in [1.807, 2.05) is 0 Å². The summed E-state index contributed by atoms with van der Waals surface area (Å²) >= 11 is 0. The summed E-state index contributed by atoms with van der Waals surface area (Å²) in [6, 6.07) is 0.495. The molecule has 0 spiro atoms. The largest absolute Gasteiger partial charge is 0.311 e. The minimum atomic E-state index is 0.495. The molecular formula is C10H18N4. The fourth-order valence-corrected chi connectivity index (χ4v) is 2.05. The van der Waals surface area contributed by atoms with E-state index in [1.165, 1.54) is 18.5 Å². The minimum Gasteiger partial charge on any atom is -0.311 e. The van der Waals surface area contributed by atoms with Crippen LogP contribution in [-0.2, 0) is 13.0 Å². The topological polar surface area (TPSA) is 42.7 Å². The van der Waals surface area contributed by atoms with Gasteiger partial charge in [0.2, 0.25) is 0 Å². The lowest BCUT2D eigenvalue weighted by molar-refractivity contribution is 0.425. The van der Waals surface area contributed by atoms with Crippen LogP contribution in [0.4, 0.5) is 0 Å². The number of hydrogen-bond donors (Lipinski definition) is 1. The lowest BCUT2D eigenvalue weighted by atomic mass is 10.1. The molecule has 0 radical (unpaired) electrons. The van der Waals surface area contributed by atoms with Gasteiger partial charge in [-0.25, -0.2) is 4.68 Å². The van der Waals surface area contributed by atoms with Gasteiger partial charge in [-0.2, -0.15) is 0 Å². The van der Waals surface area contributed by atoms with E-state index in [9.17, 15) is 0 Å². The van der Waals surface area contributed by atoms with Crippen LogP contribution in [0.15, 0.2) is 0 Å². The number of fused-ring (bicyclic) bond motifs is 1. The molecular weight excluding hydrogens is 176 g/mol. The fraction of sp³-hybridized carbons (Fsp3) is 0.800. The lowest BCUT2D eigenvalue weighted by Crippen LogP contribution is -2.25. The Kier molecular flexibility index (Phi) is 2.82. The Balaban J connectivity index is 2.21. The van der Waals surface area contributed by atoms with E-state index in [0.29, 0.717) is 6.04 Å². The average molecular weight is 194 g/mol. The lowest BCUT2D eigenvalue weighted by Gasteiger charge is -2.17. The molecule has 4 heteroatoms. The molecule has 0 saturated heterocycles. The van der Waals surface area contributed by atoms with E-state index < -0.39 is 0 Å². The van der Waals surface area contributed by atoms with Crippen molar-refractivity contribution in [2.75, 3.05) is 6.54 Å². The summed E-state index contributed by atoms with van der Waals surface area (Å²) in [7, 11) is 0. The van der Waals surface area contributed by atoms with Crippen LogP contribution in [0.3, 0.4) is 0 Å². The summed E-state index contributed by atoms with van der Waals surface area (Å²) in [4.78, 5) is 0. The Morgan fingerprint density at radius 2 is 2.43 bits per heavy atom. The summed E-state index contributed by atoms with van der Waals surface area (Å²) in [5.74, 6) is 0. The zero-order chi connectivity index (χ0) is 9.97. The monoisotopic (exact) mass is 194 g/mol. The van der Waals surface area contributed by atoms with Gasteiger partial charge >= 0.3 is 0 Å². The molecule has 1 atom stereocenters. The highest BCUT2D eigenvalue weighted by Crippen LogP contribution is 2.18. The van der Waals surface area contributed by atoms with Gasteiger partial charge in [0.05, 0.1) is 17.4 Å². The van der Waals surface area contributed by atoms with Gasteiger partial charge < -0.3 is 5.32 Å². The first-order valence-corrected chi connectivity index (χ1v) is 5.46. The molecule has 2 rings (SSSR count). The predicted molar refractivity (Wildman–Crippen MR) is 55.1 cm³/mol. The maximum Gasteiger partial charge on any atom is 0.0997 e. The molecule has 0 fully saturated rings. The molecule has 4 nitrogen and oxygen atoms in total. The van der Waals surface area contributed by atoms with Crippen molar-refractivity contribution in [3.05, 3.63) is 11.4 Å². The number of nitrogens with zero attached hydrogens (tertiary/aromatic N) is 3. The molecule has 1 aromatic heterocycles. The number of aromatic nitrogens is 3. The molecule has 1 aliphatic heterocycles. The molecule has 78 valence electrons. The summed E-state index contributed by atoms with van der Waals surface area (Å²) in [5.41, 5.74) is 2.48. The predicted octanol–water partition coefficient (Wildman–Crippen LogP) is 1.28. The van der Waals surface area contributed by atoms with Crippen LogP contribution in [0.1, 0.15) is 44.1 Å². The van der Waals surface area contributed by atoms with Crippen molar-refractivity contribution in [2.45, 2.75) is 45.7 Å². The first kappa shape index (κ1) is 9.65. The number of hydrogen-bond acceptors (Lipinski definition) is 3. The van der Waals surface area contributed by atoms with E-state index in [1.54, 1.807) is 0 Å². The Morgan fingerprint density at radius 1 is 1.57 bits per heavy atom. The van der Waals surface area contributed by atoms with Crippen LogP contribution in [0.2, 0.25) is 0 Å². The van der Waals surface area contributed by atoms with Gasteiger partial charge in [0, 0.05) is 19.5 Å². The van der Waals surface area contributed by atoms with Crippen molar-refractivity contribution in [3.63, 3.8) is 0 Å². The van der Waals surface area contributed by atoms with Crippen LogP contribution in [0, 0.1) is 0 Å². The van der Waals surface area contributed by atoms with Gasteiger partial charge in [-0.05, 0) is 13.3 Å². The molecule has 0 aromatic carbocycles. The van der Waals surface area contributed by atoms with Crippen molar-refractivity contribution in [3.8, 4) is 0 Å². The highest BCUT2D eigenvalue weighted by molar-refractivity contribution is 5.13. The first-order chi connectivity index (χ1) is 6.83. The normalized spacial score (nSPS) is 17.9. The van der Waals surface area contributed by atoms with Crippen LogP contribution in [0.5, 0.6) is 0 Å².